The highest BCUT2D eigenvalue weighted by Crippen LogP contribution is 2.17. The Morgan fingerprint density at radius 1 is 0.913 bits per heavy atom. The molecule has 23 heavy (non-hydrogen) atoms. The van der Waals surface area contributed by atoms with Crippen molar-refractivity contribution in [1.82, 2.24) is 9.97 Å². The van der Waals surface area contributed by atoms with Gasteiger partial charge in [0.1, 0.15) is 0 Å². The molecular formula is C19H16ClN3. The Hall–Kier alpha value is -2.65. The van der Waals surface area contributed by atoms with Crippen LogP contribution in [0.5, 0.6) is 0 Å². The second-order valence-corrected chi connectivity index (χ2v) is 5.62. The molecule has 3 aromatic rings. The van der Waals surface area contributed by atoms with E-state index in [1.807, 2.05) is 42.5 Å². The van der Waals surface area contributed by atoms with Crippen LogP contribution in [0.4, 0.5) is 11.6 Å². The summed E-state index contributed by atoms with van der Waals surface area (Å²) in [5, 5.41) is 3.86. The van der Waals surface area contributed by atoms with Crippen LogP contribution in [-0.4, -0.2) is 9.97 Å². The Kier molecular flexibility index (Phi) is 4.69. The lowest BCUT2D eigenvalue weighted by Crippen LogP contribution is -1.97. The Labute approximate surface area is 140 Å². The minimum absolute atomic E-state index is 0.554. The van der Waals surface area contributed by atoms with E-state index >= 15 is 0 Å². The lowest BCUT2D eigenvalue weighted by molar-refractivity contribution is 1.15. The lowest BCUT2D eigenvalue weighted by Gasteiger charge is -2.05. The fraction of sp³-hybridized carbons (Fsp3) is 0.0526. The first-order chi connectivity index (χ1) is 11.2. The number of nitrogens with one attached hydrogen (secondary N) is 1. The van der Waals surface area contributed by atoms with Gasteiger partial charge in [0.25, 0.3) is 0 Å². The zero-order valence-electron chi connectivity index (χ0n) is 12.7. The van der Waals surface area contributed by atoms with Gasteiger partial charge in [-0.2, -0.15) is 0 Å². The van der Waals surface area contributed by atoms with Crippen LogP contribution in [0.15, 0.2) is 60.8 Å². The summed E-state index contributed by atoms with van der Waals surface area (Å²) in [6, 6.07) is 17.6. The third kappa shape index (κ3) is 4.41. The van der Waals surface area contributed by atoms with Crippen LogP contribution in [-0.2, 0) is 0 Å². The van der Waals surface area contributed by atoms with Gasteiger partial charge in [-0.05, 0) is 48.9 Å². The van der Waals surface area contributed by atoms with Gasteiger partial charge in [0, 0.05) is 16.9 Å². The van der Waals surface area contributed by atoms with Gasteiger partial charge in [-0.1, -0.05) is 47.5 Å². The van der Waals surface area contributed by atoms with E-state index in [2.05, 4.69) is 46.5 Å². The van der Waals surface area contributed by atoms with E-state index in [0.717, 1.165) is 16.9 Å². The summed E-state index contributed by atoms with van der Waals surface area (Å²) in [7, 11) is 0. The average Bonchev–Trinajstić information content (AvgIpc) is 2.57. The molecule has 3 rings (SSSR count). The molecule has 0 aliphatic rings. The molecular weight excluding hydrogens is 306 g/mol. The van der Waals surface area contributed by atoms with Crippen LogP contribution in [0, 0.1) is 6.92 Å². The van der Waals surface area contributed by atoms with E-state index < -0.39 is 0 Å². The van der Waals surface area contributed by atoms with Gasteiger partial charge in [0.15, 0.2) is 0 Å². The number of rotatable bonds is 4. The largest absolute Gasteiger partial charge is 0.324 e. The average molecular weight is 322 g/mol. The molecule has 3 nitrogen and oxygen atoms in total. The molecule has 0 radical (unpaired) electrons. The quantitative estimate of drug-likeness (QED) is 0.703. The molecule has 0 aliphatic heterocycles. The number of hydrogen-bond donors (Lipinski definition) is 1. The van der Waals surface area contributed by atoms with E-state index in [9.17, 15) is 0 Å². The van der Waals surface area contributed by atoms with Crippen molar-refractivity contribution in [2.24, 2.45) is 0 Å². The minimum Gasteiger partial charge on any atom is -0.324 e. The predicted molar refractivity (Wildman–Crippen MR) is 96.9 cm³/mol. The van der Waals surface area contributed by atoms with E-state index in [4.69, 9.17) is 11.6 Å². The van der Waals surface area contributed by atoms with Crippen LogP contribution >= 0.6 is 11.6 Å². The van der Waals surface area contributed by atoms with Crippen molar-refractivity contribution in [2.45, 2.75) is 6.92 Å². The van der Waals surface area contributed by atoms with Crippen molar-refractivity contribution in [2.75, 3.05) is 5.32 Å². The van der Waals surface area contributed by atoms with Crippen molar-refractivity contribution < 1.29 is 0 Å². The van der Waals surface area contributed by atoms with E-state index in [0.29, 0.717) is 11.0 Å². The zero-order chi connectivity index (χ0) is 16.1. The molecule has 0 spiro atoms. The highest BCUT2D eigenvalue weighted by molar-refractivity contribution is 6.30. The standard InChI is InChI=1S/C19H16ClN3/c1-14-2-4-15(5-3-14)6-9-18-12-13-21-19(23-18)22-17-10-7-16(20)8-11-17/h2-13H,1H3,(H,21,22,23)/b9-6+. The van der Waals surface area contributed by atoms with Gasteiger partial charge in [0.05, 0.1) is 5.69 Å². The number of hydrogen-bond acceptors (Lipinski definition) is 3. The first-order valence-electron chi connectivity index (χ1n) is 7.29. The van der Waals surface area contributed by atoms with E-state index in [1.165, 1.54) is 5.56 Å². The SMILES string of the molecule is Cc1ccc(/C=C/c2ccnc(Nc3ccc(Cl)cc3)n2)cc1. The molecule has 0 saturated heterocycles. The summed E-state index contributed by atoms with van der Waals surface area (Å²) >= 11 is 5.88. The zero-order valence-corrected chi connectivity index (χ0v) is 13.5. The molecule has 1 N–H and O–H groups in total. The lowest BCUT2D eigenvalue weighted by atomic mass is 10.1. The van der Waals surface area contributed by atoms with Gasteiger partial charge in [0.2, 0.25) is 5.95 Å². The maximum atomic E-state index is 5.88. The molecule has 2 aromatic carbocycles. The molecule has 1 aromatic heterocycles. The Bertz CT molecular complexity index is 809. The van der Waals surface area contributed by atoms with Crippen molar-refractivity contribution in [3.8, 4) is 0 Å². The second-order valence-electron chi connectivity index (χ2n) is 5.18. The van der Waals surface area contributed by atoms with Gasteiger partial charge >= 0.3 is 0 Å². The summed E-state index contributed by atoms with van der Waals surface area (Å²) < 4.78 is 0. The number of nitrogens with zero attached hydrogens (tertiary/aromatic N) is 2. The summed E-state index contributed by atoms with van der Waals surface area (Å²) in [4.78, 5) is 8.72. The molecule has 1 heterocycles. The maximum absolute atomic E-state index is 5.88. The first kappa shape index (κ1) is 15.3. The van der Waals surface area contributed by atoms with Crippen molar-refractivity contribution in [3.63, 3.8) is 0 Å². The van der Waals surface area contributed by atoms with Crippen LogP contribution in [0.2, 0.25) is 5.02 Å². The highest BCUT2D eigenvalue weighted by Gasteiger charge is 1.99. The number of halogens is 1. The molecule has 0 fully saturated rings. The number of benzene rings is 2. The van der Waals surface area contributed by atoms with Crippen LogP contribution in [0.3, 0.4) is 0 Å². The highest BCUT2D eigenvalue weighted by atomic mass is 35.5. The van der Waals surface area contributed by atoms with Crippen LogP contribution < -0.4 is 5.32 Å². The first-order valence-corrected chi connectivity index (χ1v) is 7.67. The van der Waals surface area contributed by atoms with Crippen molar-refractivity contribution in [3.05, 3.63) is 82.6 Å². The molecule has 0 aliphatic carbocycles. The summed E-state index contributed by atoms with van der Waals surface area (Å²) in [6.45, 7) is 2.08. The molecule has 0 atom stereocenters. The Morgan fingerprint density at radius 3 is 2.39 bits per heavy atom. The smallest absolute Gasteiger partial charge is 0.227 e. The molecule has 0 saturated carbocycles. The van der Waals surface area contributed by atoms with Crippen LogP contribution in [0.25, 0.3) is 12.2 Å². The number of aryl methyl sites for hydroxylation is 1. The minimum atomic E-state index is 0.554. The monoisotopic (exact) mass is 321 g/mol. The Balaban J connectivity index is 1.74. The fourth-order valence-electron chi connectivity index (χ4n) is 2.05. The number of aromatic nitrogens is 2. The maximum Gasteiger partial charge on any atom is 0.227 e. The third-order valence-corrected chi connectivity index (χ3v) is 3.55. The predicted octanol–water partition coefficient (Wildman–Crippen LogP) is 5.35. The molecule has 114 valence electrons. The second kappa shape index (κ2) is 7.07. The van der Waals surface area contributed by atoms with Crippen molar-refractivity contribution in [1.29, 1.82) is 0 Å². The summed E-state index contributed by atoms with van der Waals surface area (Å²) in [6.07, 6.45) is 5.74. The number of anilines is 2. The van der Waals surface area contributed by atoms with Gasteiger partial charge in [-0.3, -0.25) is 0 Å². The fourth-order valence-corrected chi connectivity index (χ4v) is 2.17. The van der Waals surface area contributed by atoms with E-state index in [-0.39, 0.29) is 0 Å². The van der Waals surface area contributed by atoms with Gasteiger partial charge < -0.3 is 5.32 Å². The molecule has 0 bridgehead atoms. The third-order valence-electron chi connectivity index (χ3n) is 3.30. The van der Waals surface area contributed by atoms with E-state index in [1.54, 1.807) is 6.20 Å². The normalized spacial score (nSPS) is 10.9. The molecule has 0 amide bonds. The molecule has 4 heteroatoms. The Morgan fingerprint density at radius 2 is 1.65 bits per heavy atom. The topological polar surface area (TPSA) is 37.8 Å². The van der Waals surface area contributed by atoms with Crippen LogP contribution in [0.1, 0.15) is 16.8 Å². The summed E-state index contributed by atoms with van der Waals surface area (Å²) in [5.41, 5.74) is 4.13. The molecule has 0 unspecified atom stereocenters. The summed E-state index contributed by atoms with van der Waals surface area (Å²) in [5.74, 6) is 0.554. The van der Waals surface area contributed by atoms with Gasteiger partial charge in [-0.25, -0.2) is 9.97 Å². The van der Waals surface area contributed by atoms with Crippen molar-refractivity contribution >= 4 is 35.4 Å². The van der Waals surface area contributed by atoms with Gasteiger partial charge in [-0.15, -0.1) is 0 Å².